The first-order chi connectivity index (χ1) is 24.2. The number of ether oxygens (including phenoxy) is 3. The predicted octanol–water partition coefficient (Wildman–Crippen LogP) is 10.6. The lowest BCUT2D eigenvalue weighted by Gasteiger charge is -2.28. The second kappa shape index (κ2) is 18.9. The van der Waals surface area contributed by atoms with E-state index in [9.17, 15) is 27.2 Å². The average Bonchev–Trinajstić information content (AvgIpc) is 3.12. The molecule has 3 aromatic carbocycles. The second-order valence-electron chi connectivity index (χ2n) is 13.8. The number of alkyl halides is 4. The Morgan fingerprint density at radius 2 is 1.00 bits per heavy atom. The maximum absolute atomic E-state index is 13.5. The van der Waals surface area contributed by atoms with Crippen LogP contribution in [0.1, 0.15) is 87.8 Å². The van der Waals surface area contributed by atoms with Gasteiger partial charge in [-0.3, -0.25) is 9.59 Å². The molecule has 5 rings (SSSR count). The van der Waals surface area contributed by atoms with Crippen LogP contribution < -0.4 is 0 Å². The summed E-state index contributed by atoms with van der Waals surface area (Å²) in [5.74, 6) is -6.13. The molecule has 2 saturated carbocycles. The number of carbonyl (C=O) groups excluding carboxylic acids is 2. The monoisotopic (exact) mass is 731 g/mol. The summed E-state index contributed by atoms with van der Waals surface area (Å²) < 4.78 is 67.3. The van der Waals surface area contributed by atoms with Crippen molar-refractivity contribution in [2.24, 2.45) is 11.8 Å². The quantitative estimate of drug-likeness (QED) is 0.105. The highest BCUT2D eigenvalue weighted by Gasteiger charge is 2.54. The number of benzene rings is 3. The summed E-state index contributed by atoms with van der Waals surface area (Å²) in [4.78, 5) is 28.6. The fourth-order valence-electron chi connectivity index (χ4n) is 6.10. The maximum atomic E-state index is 13.5. The standard InChI is InChI=1S/C21H21S.C20H30F4O5/c1-16-4-10-19(11-5-16)22(20-12-6-17(2)7-13-20)21-14-8-18(3)9-15-21;1-19(21,22)20(23,24)28-13-16(29-18(26)15-10-6-3-7-11-15)12-27-17(25)14-8-4-2-5-9-14/h4-15H,1-3H3;14-16H,2-13H2,1H3/q+1;. The van der Waals surface area contributed by atoms with Gasteiger partial charge in [-0.2, -0.15) is 17.6 Å². The number of hydrogen-bond donors (Lipinski definition) is 0. The van der Waals surface area contributed by atoms with E-state index in [1.54, 1.807) is 0 Å². The van der Waals surface area contributed by atoms with E-state index in [4.69, 9.17) is 9.47 Å². The summed E-state index contributed by atoms with van der Waals surface area (Å²) in [6.45, 7) is 4.96. The van der Waals surface area contributed by atoms with Crippen LogP contribution in [-0.4, -0.2) is 43.3 Å². The lowest BCUT2D eigenvalue weighted by atomic mass is 9.89. The van der Waals surface area contributed by atoms with Crippen LogP contribution in [0.5, 0.6) is 0 Å². The van der Waals surface area contributed by atoms with Crippen LogP contribution in [0.3, 0.4) is 0 Å². The normalized spacial score (nSPS) is 16.6. The summed E-state index contributed by atoms with van der Waals surface area (Å²) in [7, 11) is -0.0394. The van der Waals surface area contributed by atoms with E-state index in [2.05, 4.69) is 98.3 Å². The lowest BCUT2D eigenvalue weighted by Crippen LogP contribution is -2.43. The van der Waals surface area contributed by atoms with Gasteiger partial charge in [-0.1, -0.05) is 91.6 Å². The highest BCUT2D eigenvalue weighted by Crippen LogP contribution is 2.35. The Balaban J connectivity index is 0.000000237. The van der Waals surface area contributed by atoms with Gasteiger partial charge in [0.1, 0.15) is 6.61 Å². The van der Waals surface area contributed by atoms with Gasteiger partial charge in [-0.15, -0.1) is 0 Å². The molecule has 2 fully saturated rings. The Morgan fingerprint density at radius 1 is 0.627 bits per heavy atom. The van der Waals surface area contributed by atoms with Gasteiger partial charge in [-0.25, -0.2) is 0 Å². The van der Waals surface area contributed by atoms with Gasteiger partial charge in [0.05, 0.1) is 29.3 Å². The van der Waals surface area contributed by atoms with Crippen molar-refractivity contribution in [1.29, 1.82) is 0 Å². The third-order valence-corrected chi connectivity index (χ3v) is 11.5. The zero-order chi connectivity index (χ0) is 37.0. The van der Waals surface area contributed by atoms with Crippen LogP contribution in [0.4, 0.5) is 17.6 Å². The number of esters is 2. The molecule has 0 aromatic heterocycles. The Hall–Kier alpha value is -3.37. The van der Waals surface area contributed by atoms with E-state index < -0.39 is 43.3 Å². The number of carbonyl (C=O) groups is 2. The first kappa shape index (κ1) is 40.4. The molecule has 2 aliphatic rings. The third kappa shape index (κ3) is 12.4. The van der Waals surface area contributed by atoms with E-state index in [0.717, 1.165) is 38.5 Å². The minimum atomic E-state index is -4.73. The van der Waals surface area contributed by atoms with Gasteiger partial charge in [-0.05, 0) is 82.9 Å². The van der Waals surface area contributed by atoms with Crippen molar-refractivity contribution in [3.8, 4) is 0 Å². The second-order valence-corrected chi connectivity index (χ2v) is 15.8. The van der Waals surface area contributed by atoms with Crippen molar-refractivity contribution in [1.82, 2.24) is 0 Å². The van der Waals surface area contributed by atoms with Crippen molar-refractivity contribution in [2.75, 3.05) is 13.2 Å². The van der Waals surface area contributed by atoms with E-state index in [0.29, 0.717) is 25.7 Å². The molecule has 0 heterocycles. The lowest BCUT2D eigenvalue weighted by molar-refractivity contribution is -0.346. The molecule has 278 valence electrons. The number of aryl methyl sites for hydroxylation is 3. The molecule has 3 aromatic rings. The smallest absolute Gasteiger partial charge is 0.419 e. The van der Waals surface area contributed by atoms with Crippen LogP contribution in [0.15, 0.2) is 87.5 Å². The van der Waals surface area contributed by atoms with Crippen LogP contribution in [-0.2, 0) is 34.7 Å². The van der Waals surface area contributed by atoms with Crippen molar-refractivity contribution in [2.45, 2.75) is 125 Å². The van der Waals surface area contributed by atoms with Crippen LogP contribution in [0.25, 0.3) is 0 Å². The van der Waals surface area contributed by atoms with Gasteiger partial charge in [0, 0.05) is 6.92 Å². The summed E-state index contributed by atoms with van der Waals surface area (Å²) in [6, 6.07) is 26.8. The summed E-state index contributed by atoms with van der Waals surface area (Å²) in [6.07, 6.45) is 2.09. The summed E-state index contributed by atoms with van der Waals surface area (Å²) >= 11 is 0. The molecular weight excluding hydrogens is 681 g/mol. The largest absolute Gasteiger partial charge is 0.461 e. The van der Waals surface area contributed by atoms with E-state index in [1.807, 2.05) is 0 Å². The van der Waals surface area contributed by atoms with Gasteiger partial charge < -0.3 is 14.2 Å². The topological polar surface area (TPSA) is 61.8 Å². The molecule has 0 saturated heterocycles. The average molecular weight is 732 g/mol. The molecule has 0 radical (unpaired) electrons. The molecule has 1 unspecified atom stereocenters. The predicted molar refractivity (Wildman–Crippen MR) is 191 cm³/mol. The first-order valence-corrected chi connectivity index (χ1v) is 19.2. The SMILES string of the molecule is CC(F)(F)C(F)(F)OCC(COC(=O)C1CCCCC1)OC(=O)C1CCCCC1.Cc1ccc([S+](c2ccc(C)cc2)c2ccc(C)cc2)cc1. The number of halogens is 4. The fraction of sp³-hybridized carbons (Fsp3) is 0.512. The van der Waals surface area contributed by atoms with Gasteiger partial charge >= 0.3 is 24.0 Å². The molecule has 0 aliphatic heterocycles. The minimum Gasteiger partial charge on any atom is -0.461 e. The summed E-state index contributed by atoms with van der Waals surface area (Å²) in [5.41, 5.74) is 3.92. The van der Waals surface area contributed by atoms with E-state index in [1.165, 1.54) is 31.4 Å². The van der Waals surface area contributed by atoms with Crippen LogP contribution in [0, 0.1) is 32.6 Å². The zero-order valence-electron chi connectivity index (χ0n) is 30.1. The van der Waals surface area contributed by atoms with Gasteiger partial charge in [0.25, 0.3) is 0 Å². The molecule has 0 spiro atoms. The molecule has 10 heteroatoms. The molecule has 2 aliphatic carbocycles. The molecular formula is C41H51F4O5S+. The third-order valence-electron chi connectivity index (χ3n) is 9.30. The molecule has 51 heavy (non-hydrogen) atoms. The number of hydrogen-bond acceptors (Lipinski definition) is 5. The highest BCUT2D eigenvalue weighted by molar-refractivity contribution is 7.97. The molecule has 0 N–H and O–H groups in total. The molecule has 0 bridgehead atoms. The fourth-order valence-corrected chi connectivity index (χ4v) is 8.14. The Labute approximate surface area is 302 Å². The van der Waals surface area contributed by atoms with Crippen LogP contribution in [0.2, 0.25) is 0 Å². The zero-order valence-corrected chi connectivity index (χ0v) is 30.9. The minimum absolute atomic E-state index is 0.0394. The van der Waals surface area contributed by atoms with E-state index in [-0.39, 0.29) is 29.7 Å². The molecule has 0 amide bonds. The highest BCUT2D eigenvalue weighted by atomic mass is 32.2. The van der Waals surface area contributed by atoms with Crippen LogP contribution >= 0.6 is 0 Å². The van der Waals surface area contributed by atoms with Gasteiger partial charge in [0.15, 0.2) is 20.8 Å². The Kier molecular flexibility index (Phi) is 15.0. The number of rotatable bonds is 12. The van der Waals surface area contributed by atoms with E-state index >= 15 is 0 Å². The van der Waals surface area contributed by atoms with Crippen molar-refractivity contribution >= 4 is 22.8 Å². The summed E-state index contributed by atoms with van der Waals surface area (Å²) in [5, 5.41) is 0. The molecule has 5 nitrogen and oxygen atoms in total. The van der Waals surface area contributed by atoms with Gasteiger partial charge in [0.2, 0.25) is 0 Å². The Morgan fingerprint density at radius 3 is 1.37 bits per heavy atom. The first-order valence-electron chi connectivity index (χ1n) is 17.9. The van der Waals surface area contributed by atoms with Crippen molar-refractivity contribution in [3.63, 3.8) is 0 Å². The van der Waals surface area contributed by atoms with Crippen molar-refractivity contribution < 1.29 is 41.4 Å². The molecule has 1 atom stereocenters. The van der Waals surface area contributed by atoms with Crippen molar-refractivity contribution in [3.05, 3.63) is 89.5 Å². The Bertz CT molecular complexity index is 1400. The maximum Gasteiger partial charge on any atom is 0.419 e.